The molecule has 0 N–H and O–H groups in total. The van der Waals surface area contributed by atoms with Crippen LogP contribution >= 0.6 is 0 Å². The second kappa shape index (κ2) is 19.9. The van der Waals surface area contributed by atoms with E-state index in [4.69, 9.17) is 9.47 Å². The Kier molecular flexibility index (Phi) is 12.7. The molecule has 8 aliphatic rings. The Labute approximate surface area is 503 Å². The number of benzene rings is 7. The van der Waals surface area contributed by atoms with Crippen molar-refractivity contribution in [3.05, 3.63) is 196 Å². The molecule has 10 heteroatoms. The predicted octanol–water partition coefficient (Wildman–Crippen LogP) is 15.7. The second-order valence-electron chi connectivity index (χ2n) is 26.1. The van der Waals surface area contributed by atoms with Crippen molar-refractivity contribution in [3.8, 4) is 23.0 Å². The van der Waals surface area contributed by atoms with Crippen molar-refractivity contribution in [2.24, 2.45) is 40.4 Å². The van der Waals surface area contributed by atoms with Crippen LogP contribution in [0.25, 0.3) is 0 Å². The SMILES string of the molecule is CCCCN1C(=O)c2ccccc2C12c1ccc(N(CC)CC)cc1Oc1cc(N(CC)CC34CN(CC)c5ccc6c(c5)Oc5cc(ccc5C65c6ccccc6C(=O)N5c5ccccc5)N(CC)CC5CC3CC(C)C43C(C)CC53)ccc12. The largest absolute Gasteiger partial charge is 0.456 e. The van der Waals surface area contributed by atoms with Gasteiger partial charge in [-0.1, -0.05) is 106 Å². The van der Waals surface area contributed by atoms with Crippen LogP contribution in [0.4, 0.5) is 28.4 Å². The molecule has 0 radical (unpaired) electrons. The van der Waals surface area contributed by atoms with Gasteiger partial charge in [-0.05, 0) is 149 Å². The molecule has 5 heterocycles. The fraction of sp³-hybridized carbons (Fsp3) is 0.413. The highest BCUT2D eigenvalue weighted by molar-refractivity contribution is 6.14. The minimum absolute atomic E-state index is 0.00962. The maximum absolute atomic E-state index is 15.2. The molecule has 3 aliphatic carbocycles. The Morgan fingerprint density at radius 1 is 0.518 bits per heavy atom. The number of ether oxygens (including phenoxy) is 2. The normalized spacial score (nSPS) is 27.7. The summed E-state index contributed by atoms with van der Waals surface area (Å²) in [5, 5.41) is 0. The topological polar surface area (TPSA) is 72.0 Å². The number of carbonyl (C=O) groups excluding carboxylic acids is 2. The van der Waals surface area contributed by atoms with E-state index in [0.717, 1.165) is 150 Å². The summed E-state index contributed by atoms with van der Waals surface area (Å²) in [4.78, 5) is 44.9. The Morgan fingerprint density at radius 2 is 1.05 bits per heavy atom. The molecule has 8 bridgehead atoms. The monoisotopic (exact) mass is 1130 g/mol. The summed E-state index contributed by atoms with van der Waals surface area (Å²) in [5.74, 6) is 6.00. The Balaban J connectivity index is 0.893. The number of amides is 2. The molecule has 436 valence electrons. The van der Waals surface area contributed by atoms with E-state index in [-0.39, 0.29) is 22.6 Å². The van der Waals surface area contributed by atoms with E-state index < -0.39 is 11.1 Å². The first-order valence-electron chi connectivity index (χ1n) is 32.3. The molecular formula is C75H82N6O4. The molecule has 0 saturated heterocycles. The van der Waals surface area contributed by atoms with E-state index in [1.807, 2.05) is 42.5 Å². The zero-order chi connectivity index (χ0) is 58.3. The quantitative estimate of drug-likeness (QED) is 0.113. The first-order chi connectivity index (χ1) is 41.5. The van der Waals surface area contributed by atoms with Crippen LogP contribution in [-0.2, 0) is 11.1 Å². The van der Waals surface area contributed by atoms with Gasteiger partial charge in [-0.3, -0.25) is 14.5 Å². The van der Waals surface area contributed by atoms with E-state index in [1.165, 1.54) is 24.9 Å². The Hall–Kier alpha value is -7.72. The second-order valence-corrected chi connectivity index (χ2v) is 26.1. The van der Waals surface area contributed by atoms with E-state index in [1.54, 1.807) is 0 Å². The standard InChI is InChI=1S/C75H82N6O4/c1-9-15-37-80-70(82)57-25-19-21-27-59(57)74(80)61-33-29-53(76(10-2)11-3)41-66(61)84-67-43-55(31-34-62(67)74)78(13-5)46-72-47-79(14-6)56-32-36-64-69(44-56)85-68-42-54(77(12-4)45-50-40-51(72)38-48(7)73(72)49(8)39-65(50)73)30-35-63(68)75(64)60-28-22-20-26-58(60)71(83)81(75)52-23-17-16-18-24-52/h16-36,41-44,48-51,65H,9-15,37-40,45-47H2,1-8H3. The zero-order valence-electron chi connectivity index (χ0n) is 51.0. The van der Waals surface area contributed by atoms with Crippen LogP contribution in [0.2, 0.25) is 0 Å². The van der Waals surface area contributed by atoms with Crippen LogP contribution in [0.3, 0.4) is 0 Å². The van der Waals surface area contributed by atoms with Crippen LogP contribution in [0.5, 0.6) is 23.0 Å². The number of nitrogens with zero attached hydrogens (tertiary/aromatic N) is 6. The Bertz CT molecular complexity index is 3820. The zero-order valence-corrected chi connectivity index (χ0v) is 51.0. The molecule has 9 atom stereocenters. The number of unbranched alkanes of at least 4 members (excludes halogenated alkanes) is 1. The molecule has 0 aromatic heterocycles. The van der Waals surface area contributed by atoms with Gasteiger partial charge in [0.15, 0.2) is 0 Å². The van der Waals surface area contributed by atoms with Crippen LogP contribution in [0, 0.1) is 40.4 Å². The van der Waals surface area contributed by atoms with Crippen molar-refractivity contribution in [2.45, 2.75) is 98.6 Å². The number of rotatable bonds is 13. The van der Waals surface area contributed by atoms with Gasteiger partial charge < -0.3 is 34.0 Å². The fourth-order valence-electron chi connectivity index (χ4n) is 19.6. The van der Waals surface area contributed by atoms with Crippen LogP contribution < -0.4 is 34.0 Å². The number of carbonyl (C=O) groups is 2. The third kappa shape index (κ3) is 7.11. The molecule has 85 heavy (non-hydrogen) atoms. The summed E-state index contributed by atoms with van der Waals surface area (Å²) in [5.41, 5.74) is 11.2. The first kappa shape index (κ1) is 54.0. The average Bonchev–Trinajstić information content (AvgIpc) is 1.59. The molecule has 15 rings (SSSR count). The lowest BCUT2D eigenvalue weighted by Crippen LogP contribution is -2.70. The van der Waals surface area contributed by atoms with Crippen molar-refractivity contribution in [1.29, 1.82) is 0 Å². The van der Waals surface area contributed by atoms with E-state index >= 15 is 4.79 Å². The number of fused-ring (bicyclic) bond motifs is 14. The summed E-state index contributed by atoms with van der Waals surface area (Å²) in [7, 11) is 0. The highest BCUT2D eigenvalue weighted by Gasteiger charge is 2.76. The molecule has 10 nitrogen and oxygen atoms in total. The van der Waals surface area contributed by atoms with Crippen molar-refractivity contribution >= 4 is 40.3 Å². The van der Waals surface area contributed by atoms with E-state index in [9.17, 15) is 4.79 Å². The molecule has 7 aromatic carbocycles. The number of para-hydroxylation sites is 1. The number of hydrogen-bond donors (Lipinski definition) is 0. The molecule has 3 fully saturated rings. The summed E-state index contributed by atoms with van der Waals surface area (Å²) >= 11 is 0. The minimum Gasteiger partial charge on any atom is -0.456 e. The highest BCUT2D eigenvalue weighted by Crippen LogP contribution is 2.79. The number of anilines is 5. The van der Waals surface area contributed by atoms with Gasteiger partial charge in [0.1, 0.15) is 34.1 Å². The van der Waals surface area contributed by atoms with E-state index in [2.05, 4.69) is 194 Å². The van der Waals surface area contributed by atoms with Crippen molar-refractivity contribution < 1.29 is 19.1 Å². The molecule has 5 aliphatic heterocycles. The van der Waals surface area contributed by atoms with Gasteiger partial charge in [-0.25, -0.2) is 0 Å². The summed E-state index contributed by atoms with van der Waals surface area (Å²) < 4.78 is 14.7. The molecule has 3 spiro atoms. The van der Waals surface area contributed by atoms with Gasteiger partial charge in [0.25, 0.3) is 11.8 Å². The van der Waals surface area contributed by atoms with Gasteiger partial charge in [0, 0.05) is 156 Å². The maximum atomic E-state index is 15.2. The summed E-state index contributed by atoms with van der Waals surface area (Å²) in [6.07, 6.45) is 5.54. The smallest absolute Gasteiger partial charge is 0.260 e. The molecular weight excluding hydrogens is 1050 g/mol. The molecule has 9 unspecified atom stereocenters. The van der Waals surface area contributed by atoms with Crippen LogP contribution in [0.1, 0.15) is 142 Å². The van der Waals surface area contributed by atoms with Crippen molar-refractivity contribution in [1.82, 2.24) is 4.90 Å². The van der Waals surface area contributed by atoms with Crippen LogP contribution in [-0.4, -0.2) is 75.6 Å². The van der Waals surface area contributed by atoms with Crippen molar-refractivity contribution in [3.63, 3.8) is 0 Å². The van der Waals surface area contributed by atoms with E-state index in [0.29, 0.717) is 41.7 Å². The lowest BCUT2D eigenvalue weighted by molar-refractivity contribution is -0.207. The predicted molar refractivity (Wildman–Crippen MR) is 342 cm³/mol. The minimum atomic E-state index is -0.973. The van der Waals surface area contributed by atoms with Gasteiger partial charge >= 0.3 is 0 Å². The third-order valence-electron chi connectivity index (χ3n) is 23.0. The third-order valence-corrected chi connectivity index (χ3v) is 23.0. The first-order valence-corrected chi connectivity index (χ1v) is 32.3. The van der Waals surface area contributed by atoms with Crippen molar-refractivity contribution in [2.75, 3.05) is 83.4 Å². The highest BCUT2D eigenvalue weighted by atomic mass is 16.5. The molecule has 3 saturated carbocycles. The van der Waals surface area contributed by atoms with Gasteiger partial charge in [0.2, 0.25) is 0 Å². The average molecular weight is 1130 g/mol. The summed E-state index contributed by atoms with van der Waals surface area (Å²) in [6, 6.07) is 54.4. The maximum Gasteiger partial charge on any atom is 0.260 e. The van der Waals surface area contributed by atoms with Gasteiger partial charge in [-0.15, -0.1) is 0 Å². The fourth-order valence-corrected chi connectivity index (χ4v) is 19.6. The lowest BCUT2D eigenvalue weighted by atomic mass is 9.35. The molecule has 7 aromatic rings. The van der Waals surface area contributed by atoms with Gasteiger partial charge in [0.05, 0.1) is 0 Å². The summed E-state index contributed by atoms with van der Waals surface area (Å²) in [6.45, 7) is 26.7. The lowest BCUT2D eigenvalue weighted by Gasteiger charge is -2.71. The molecule has 2 amide bonds. The Morgan fingerprint density at radius 3 is 1.65 bits per heavy atom. The number of hydrogen-bond acceptors (Lipinski definition) is 8. The van der Waals surface area contributed by atoms with Gasteiger partial charge in [-0.2, -0.15) is 0 Å². The van der Waals surface area contributed by atoms with Crippen LogP contribution in [0.15, 0.2) is 152 Å².